The molecule has 0 radical (unpaired) electrons. The van der Waals surface area contributed by atoms with Gasteiger partial charge in [-0.3, -0.25) is 4.79 Å². The third kappa shape index (κ3) is 7.19. The summed E-state index contributed by atoms with van der Waals surface area (Å²) in [4.78, 5) is 11.9. The summed E-state index contributed by atoms with van der Waals surface area (Å²) in [7, 11) is 1.59. The summed E-state index contributed by atoms with van der Waals surface area (Å²) >= 11 is 0. The van der Waals surface area contributed by atoms with Crippen LogP contribution in [0.15, 0.2) is 77.9 Å². The monoisotopic (exact) mass is 418 g/mol. The maximum Gasteiger partial charge on any atom is 0.277 e. The highest BCUT2D eigenvalue weighted by molar-refractivity contribution is 5.83. The molecule has 1 amide bonds. The molecule has 6 heteroatoms. The van der Waals surface area contributed by atoms with E-state index in [1.54, 1.807) is 25.5 Å². The molecule has 0 saturated carbocycles. The van der Waals surface area contributed by atoms with Gasteiger partial charge in [-0.2, -0.15) is 5.10 Å². The molecule has 0 saturated heterocycles. The number of aryl methyl sites for hydroxylation is 1. The fraction of sp³-hybridized carbons (Fsp3) is 0.200. The first kappa shape index (κ1) is 21.9. The van der Waals surface area contributed by atoms with Gasteiger partial charge in [0, 0.05) is 6.42 Å². The van der Waals surface area contributed by atoms with Crippen LogP contribution in [-0.4, -0.2) is 32.4 Å². The number of nitrogens with one attached hydrogen (secondary N) is 1. The molecule has 3 aromatic carbocycles. The molecule has 0 aliphatic rings. The normalized spacial score (nSPS) is 10.6. The third-order valence-corrected chi connectivity index (χ3v) is 4.44. The molecule has 31 heavy (non-hydrogen) atoms. The van der Waals surface area contributed by atoms with E-state index in [1.807, 2.05) is 55.5 Å². The van der Waals surface area contributed by atoms with Crippen LogP contribution in [0.1, 0.15) is 16.7 Å². The molecule has 3 aromatic rings. The van der Waals surface area contributed by atoms with Crippen LogP contribution in [0, 0.1) is 6.92 Å². The molecule has 0 unspecified atom stereocenters. The van der Waals surface area contributed by atoms with Gasteiger partial charge in [0.25, 0.3) is 5.91 Å². The number of hydrogen-bond donors (Lipinski definition) is 1. The number of carbonyl (C=O) groups excluding carboxylic acids is 1. The Kier molecular flexibility index (Phi) is 8.05. The second-order valence-electron chi connectivity index (χ2n) is 6.89. The minimum atomic E-state index is -0.342. The van der Waals surface area contributed by atoms with Crippen molar-refractivity contribution in [2.24, 2.45) is 5.10 Å². The number of carbonyl (C=O) groups is 1. The number of hydrazone groups is 1. The van der Waals surface area contributed by atoms with Crippen molar-refractivity contribution < 1.29 is 19.0 Å². The summed E-state index contributed by atoms with van der Waals surface area (Å²) < 4.78 is 16.7. The smallest absolute Gasteiger partial charge is 0.277 e. The number of benzene rings is 3. The van der Waals surface area contributed by atoms with Gasteiger partial charge in [-0.15, -0.1) is 0 Å². The molecule has 0 heterocycles. The van der Waals surface area contributed by atoms with Gasteiger partial charge in [0.2, 0.25) is 0 Å². The molecule has 3 rings (SSSR count). The minimum absolute atomic E-state index is 0.113. The Morgan fingerprint density at radius 2 is 1.81 bits per heavy atom. The number of amides is 1. The molecule has 0 aromatic heterocycles. The molecule has 0 aliphatic heterocycles. The lowest BCUT2D eigenvalue weighted by Gasteiger charge is -2.11. The summed E-state index contributed by atoms with van der Waals surface area (Å²) in [6.07, 6.45) is 2.35. The molecular weight excluding hydrogens is 392 g/mol. The van der Waals surface area contributed by atoms with E-state index in [4.69, 9.17) is 14.2 Å². The van der Waals surface area contributed by atoms with Gasteiger partial charge in [0.15, 0.2) is 18.1 Å². The average molecular weight is 418 g/mol. The molecule has 0 atom stereocenters. The highest BCUT2D eigenvalue weighted by Crippen LogP contribution is 2.27. The van der Waals surface area contributed by atoms with E-state index < -0.39 is 0 Å². The SMILES string of the molecule is COc1cc(/C=N/NC(=O)COc2cccc(C)c2)ccc1OCCc1ccccc1. The van der Waals surface area contributed by atoms with E-state index >= 15 is 0 Å². The van der Waals surface area contributed by atoms with Crippen LogP contribution in [0.2, 0.25) is 0 Å². The average Bonchev–Trinajstić information content (AvgIpc) is 2.79. The number of methoxy groups -OCH3 is 1. The maximum absolute atomic E-state index is 11.9. The van der Waals surface area contributed by atoms with Crippen LogP contribution in [0.25, 0.3) is 0 Å². The topological polar surface area (TPSA) is 69.2 Å². The number of nitrogens with zero attached hydrogens (tertiary/aromatic N) is 1. The highest BCUT2D eigenvalue weighted by Gasteiger charge is 2.06. The lowest BCUT2D eigenvalue weighted by Crippen LogP contribution is -2.24. The Hall–Kier alpha value is -3.80. The molecule has 6 nitrogen and oxygen atoms in total. The second-order valence-corrected chi connectivity index (χ2v) is 6.89. The highest BCUT2D eigenvalue weighted by atomic mass is 16.5. The zero-order chi connectivity index (χ0) is 21.9. The Bertz CT molecular complexity index is 1020. The standard InChI is InChI=1S/C25H26N2O4/c1-19-7-6-10-22(15-19)31-18-25(28)27-26-17-21-11-12-23(24(16-21)29-2)30-14-13-20-8-4-3-5-9-20/h3-12,15-17H,13-14,18H2,1-2H3,(H,27,28)/b26-17+. The van der Waals surface area contributed by atoms with E-state index in [-0.39, 0.29) is 12.5 Å². The van der Waals surface area contributed by atoms with Crippen LogP contribution in [0.4, 0.5) is 0 Å². The van der Waals surface area contributed by atoms with Crippen LogP contribution < -0.4 is 19.6 Å². The fourth-order valence-corrected chi connectivity index (χ4v) is 2.87. The molecule has 0 fully saturated rings. The van der Waals surface area contributed by atoms with E-state index in [0.717, 1.165) is 17.5 Å². The van der Waals surface area contributed by atoms with Crippen molar-refractivity contribution in [2.75, 3.05) is 20.3 Å². The second kappa shape index (κ2) is 11.4. The van der Waals surface area contributed by atoms with Gasteiger partial charge in [-0.25, -0.2) is 5.43 Å². The molecule has 0 spiro atoms. The van der Waals surface area contributed by atoms with Gasteiger partial charge in [-0.05, 0) is 53.9 Å². The summed E-state index contributed by atoms with van der Waals surface area (Å²) in [5, 5.41) is 3.98. The Morgan fingerprint density at radius 1 is 0.968 bits per heavy atom. The van der Waals surface area contributed by atoms with Crippen LogP contribution in [0.3, 0.4) is 0 Å². The van der Waals surface area contributed by atoms with Crippen LogP contribution in [-0.2, 0) is 11.2 Å². The number of hydrogen-bond acceptors (Lipinski definition) is 5. The van der Waals surface area contributed by atoms with E-state index in [0.29, 0.717) is 23.9 Å². The van der Waals surface area contributed by atoms with Crippen molar-refractivity contribution in [2.45, 2.75) is 13.3 Å². The summed E-state index contributed by atoms with van der Waals surface area (Å²) in [6.45, 7) is 2.40. The van der Waals surface area contributed by atoms with Gasteiger partial charge in [0.05, 0.1) is 19.9 Å². The first-order valence-corrected chi connectivity index (χ1v) is 10.00. The minimum Gasteiger partial charge on any atom is -0.493 e. The first-order chi connectivity index (χ1) is 15.1. The molecule has 0 aliphatic carbocycles. The zero-order valence-electron chi connectivity index (χ0n) is 17.7. The van der Waals surface area contributed by atoms with Crippen molar-refractivity contribution in [3.05, 3.63) is 89.5 Å². The van der Waals surface area contributed by atoms with Gasteiger partial charge >= 0.3 is 0 Å². The van der Waals surface area contributed by atoms with E-state index in [2.05, 4.69) is 22.7 Å². The van der Waals surface area contributed by atoms with Crippen molar-refractivity contribution in [3.8, 4) is 17.2 Å². The van der Waals surface area contributed by atoms with Crippen LogP contribution >= 0.6 is 0 Å². The predicted octanol–water partition coefficient (Wildman–Crippen LogP) is 4.15. The summed E-state index contributed by atoms with van der Waals surface area (Å²) in [5.41, 5.74) is 5.51. The predicted molar refractivity (Wildman–Crippen MR) is 121 cm³/mol. The lowest BCUT2D eigenvalue weighted by atomic mass is 10.2. The number of rotatable bonds is 10. The van der Waals surface area contributed by atoms with Gasteiger partial charge < -0.3 is 14.2 Å². The van der Waals surface area contributed by atoms with E-state index in [9.17, 15) is 4.79 Å². The number of ether oxygens (including phenoxy) is 3. The first-order valence-electron chi connectivity index (χ1n) is 10.00. The van der Waals surface area contributed by atoms with Crippen molar-refractivity contribution >= 4 is 12.1 Å². The molecule has 1 N–H and O–H groups in total. The molecular formula is C25H26N2O4. The Balaban J connectivity index is 1.48. The quantitative estimate of drug-likeness (QED) is 0.397. The lowest BCUT2D eigenvalue weighted by molar-refractivity contribution is -0.123. The van der Waals surface area contributed by atoms with Crippen LogP contribution in [0.5, 0.6) is 17.2 Å². The fourth-order valence-electron chi connectivity index (χ4n) is 2.87. The Morgan fingerprint density at radius 3 is 2.58 bits per heavy atom. The molecule has 0 bridgehead atoms. The van der Waals surface area contributed by atoms with Crippen molar-refractivity contribution in [3.63, 3.8) is 0 Å². The van der Waals surface area contributed by atoms with Crippen molar-refractivity contribution in [1.82, 2.24) is 5.43 Å². The molecule has 160 valence electrons. The summed E-state index contributed by atoms with van der Waals surface area (Å²) in [5.74, 6) is 1.56. The third-order valence-electron chi connectivity index (χ3n) is 4.44. The van der Waals surface area contributed by atoms with Crippen molar-refractivity contribution in [1.29, 1.82) is 0 Å². The Labute approximate surface area is 182 Å². The van der Waals surface area contributed by atoms with Gasteiger partial charge in [-0.1, -0.05) is 42.5 Å². The van der Waals surface area contributed by atoms with E-state index in [1.165, 1.54) is 5.56 Å². The largest absolute Gasteiger partial charge is 0.493 e. The van der Waals surface area contributed by atoms with Gasteiger partial charge in [0.1, 0.15) is 5.75 Å². The zero-order valence-corrected chi connectivity index (χ0v) is 17.7. The maximum atomic E-state index is 11.9. The summed E-state index contributed by atoms with van der Waals surface area (Å²) in [6, 6.07) is 23.1.